The van der Waals surface area contributed by atoms with Crippen molar-refractivity contribution in [2.75, 3.05) is 0 Å². The van der Waals surface area contributed by atoms with Crippen LogP contribution in [0.1, 0.15) is 24.2 Å². The fourth-order valence-corrected chi connectivity index (χ4v) is 3.03. The Morgan fingerprint density at radius 2 is 2.04 bits per heavy atom. The number of aromatic nitrogens is 2. The van der Waals surface area contributed by atoms with Gasteiger partial charge in [-0.25, -0.2) is 14.2 Å². The average Bonchev–Trinajstić information content (AvgIpc) is 2.64. The fourth-order valence-electron chi connectivity index (χ4n) is 2.41. The molecule has 0 aliphatic heterocycles. The summed E-state index contributed by atoms with van der Waals surface area (Å²) in [6.07, 6.45) is 0.431. The van der Waals surface area contributed by atoms with E-state index in [0.717, 1.165) is 16.2 Å². The molecule has 26 heavy (non-hydrogen) atoms. The Balaban J connectivity index is 1.76. The van der Waals surface area contributed by atoms with Crippen molar-refractivity contribution < 1.29 is 13.9 Å². The highest BCUT2D eigenvalue weighted by Gasteiger charge is 2.19. The Morgan fingerprint density at radius 1 is 1.31 bits per heavy atom. The van der Waals surface area contributed by atoms with Crippen LogP contribution in [-0.4, -0.2) is 15.5 Å². The first-order valence-corrected chi connectivity index (χ1v) is 8.59. The molecule has 1 N–H and O–H groups in total. The SMILES string of the molecule is CC(NC(=O)OCc1ccccc1)c1nc2ccc(F)cn2c(=O)c1Br. The van der Waals surface area contributed by atoms with Gasteiger partial charge in [0, 0.05) is 6.20 Å². The van der Waals surface area contributed by atoms with E-state index >= 15 is 0 Å². The third-order valence-electron chi connectivity index (χ3n) is 3.71. The smallest absolute Gasteiger partial charge is 0.407 e. The van der Waals surface area contributed by atoms with Crippen molar-refractivity contribution in [1.82, 2.24) is 14.7 Å². The second kappa shape index (κ2) is 7.65. The van der Waals surface area contributed by atoms with Gasteiger partial charge in [-0.15, -0.1) is 0 Å². The third-order valence-corrected chi connectivity index (χ3v) is 4.46. The number of carbonyl (C=O) groups excluding carboxylic acids is 1. The third kappa shape index (κ3) is 3.91. The molecule has 3 rings (SSSR count). The molecule has 8 heteroatoms. The van der Waals surface area contributed by atoms with E-state index in [0.29, 0.717) is 5.69 Å². The molecule has 1 aromatic carbocycles. The fraction of sp³-hybridized carbons (Fsp3) is 0.167. The van der Waals surface area contributed by atoms with Crippen molar-refractivity contribution in [1.29, 1.82) is 0 Å². The summed E-state index contributed by atoms with van der Waals surface area (Å²) in [5.74, 6) is -0.545. The maximum atomic E-state index is 13.3. The topological polar surface area (TPSA) is 72.7 Å². The van der Waals surface area contributed by atoms with Crippen molar-refractivity contribution in [3.8, 4) is 0 Å². The molecule has 0 bridgehead atoms. The Labute approximate surface area is 156 Å². The van der Waals surface area contributed by atoms with E-state index in [1.165, 1.54) is 12.1 Å². The molecule has 0 fully saturated rings. The Bertz CT molecular complexity index is 1010. The highest BCUT2D eigenvalue weighted by atomic mass is 79.9. The summed E-state index contributed by atoms with van der Waals surface area (Å²) in [5, 5.41) is 2.63. The molecule has 0 spiro atoms. The van der Waals surface area contributed by atoms with Gasteiger partial charge in [-0.3, -0.25) is 9.20 Å². The number of alkyl carbamates (subject to hydrolysis) is 1. The Morgan fingerprint density at radius 3 is 2.77 bits per heavy atom. The molecule has 0 aliphatic rings. The molecule has 2 aromatic heterocycles. The van der Waals surface area contributed by atoms with Crippen LogP contribution in [0.3, 0.4) is 0 Å². The molecule has 3 aromatic rings. The summed E-state index contributed by atoms with van der Waals surface area (Å²) in [4.78, 5) is 28.7. The summed E-state index contributed by atoms with van der Waals surface area (Å²) in [6, 6.07) is 11.3. The van der Waals surface area contributed by atoms with Gasteiger partial charge in [0.2, 0.25) is 0 Å². The number of fused-ring (bicyclic) bond motifs is 1. The summed E-state index contributed by atoms with van der Waals surface area (Å²) in [7, 11) is 0. The maximum absolute atomic E-state index is 13.3. The number of hydrogen-bond donors (Lipinski definition) is 1. The number of halogens is 2. The number of hydrogen-bond acceptors (Lipinski definition) is 4. The van der Waals surface area contributed by atoms with Gasteiger partial charge >= 0.3 is 6.09 Å². The molecule has 134 valence electrons. The highest BCUT2D eigenvalue weighted by molar-refractivity contribution is 9.10. The van der Waals surface area contributed by atoms with Gasteiger partial charge in [0.1, 0.15) is 22.5 Å². The minimum Gasteiger partial charge on any atom is -0.445 e. The zero-order valence-corrected chi connectivity index (χ0v) is 15.4. The molecule has 0 aliphatic carbocycles. The van der Waals surface area contributed by atoms with Crippen molar-refractivity contribution >= 4 is 27.7 Å². The number of pyridine rings is 1. The van der Waals surface area contributed by atoms with Crippen LogP contribution in [0.25, 0.3) is 5.65 Å². The van der Waals surface area contributed by atoms with Gasteiger partial charge in [-0.2, -0.15) is 0 Å². The van der Waals surface area contributed by atoms with E-state index < -0.39 is 23.5 Å². The number of nitrogens with zero attached hydrogens (tertiary/aromatic N) is 2. The van der Waals surface area contributed by atoms with Gasteiger partial charge in [0.05, 0.1) is 11.7 Å². The minimum atomic E-state index is -0.630. The first kappa shape index (κ1) is 18.1. The van der Waals surface area contributed by atoms with Crippen LogP contribution in [0.15, 0.2) is 57.9 Å². The van der Waals surface area contributed by atoms with E-state index in [2.05, 4.69) is 26.2 Å². The minimum absolute atomic E-state index is 0.133. The lowest BCUT2D eigenvalue weighted by Gasteiger charge is -2.15. The largest absolute Gasteiger partial charge is 0.445 e. The Hall–Kier alpha value is -2.74. The molecule has 6 nitrogen and oxygen atoms in total. The first-order valence-electron chi connectivity index (χ1n) is 7.80. The number of nitrogens with one attached hydrogen (secondary N) is 1. The van der Waals surface area contributed by atoms with Crippen LogP contribution in [-0.2, 0) is 11.3 Å². The highest BCUT2D eigenvalue weighted by Crippen LogP contribution is 2.19. The number of carbonyl (C=O) groups is 1. The van der Waals surface area contributed by atoms with Crippen LogP contribution >= 0.6 is 15.9 Å². The van der Waals surface area contributed by atoms with E-state index in [9.17, 15) is 14.0 Å². The van der Waals surface area contributed by atoms with Crippen molar-refractivity contribution in [3.05, 3.63) is 80.6 Å². The molecule has 2 heterocycles. The number of rotatable bonds is 4. The molecular weight excluding hydrogens is 405 g/mol. The summed E-state index contributed by atoms with van der Waals surface area (Å²) in [5.41, 5.74) is 1.01. The number of ether oxygens (including phenoxy) is 1. The quantitative estimate of drug-likeness (QED) is 0.701. The van der Waals surface area contributed by atoms with Crippen LogP contribution < -0.4 is 10.9 Å². The van der Waals surface area contributed by atoms with Crippen LogP contribution in [0.5, 0.6) is 0 Å². The van der Waals surface area contributed by atoms with E-state index in [1.807, 2.05) is 30.3 Å². The number of benzene rings is 1. The van der Waals surface area contributed by atoms with Gasteiger partial charge in [0.25, 0.3) is 5.56 Å². The maximum Gasteiger partial charge on any atom is 0.407 e. The molecule has 0 saturated carbocycles. The first-order chi connectivity index (χ1) is 12.5. The lowest BCUT2D eigenvalue weighted by molar-refractivity contribution is 0.136. The van der Waals surface area contributed by atoms with E-state index in [-0.39, 0.29) is 16.7 Å². The van der Waals surface area contributed by atoms with Gasteiger partial charge in [-0.05, 0) is 40.5 Å². The Kier molecular flexibility index (Phi) is 5.32. The van der Waals surface area contributed by atoms with E-state index in [1.54, 1.807) is 6.92 Å². The van der Waals surface area contributed by atoms with Gasteiger partial charge < -0.3 is 10.1 Å². The predicted octanol–water partition coefficient (Wildman–Crippen LogP) is 3.58. The second-order valence-electron chi connectivity index (χ2n) is 5.62. The lowest BCUT2D eigenvalue weighted by atomic mass is 10.2. The zero-order valence-electron chi connectivity index (χ0n) is 13.8. The summed E-state index contributed by atoms with van der Waals surface area (Å²) >= 11 is 3.18. The van der Waals surface area contributed by atoms with Crippen molar-refractivity contribution in [3.63, 3.8) is 0 Å². The van der Waals surface area contributed by atoms with Crippen molar-refractivity contribution in [2.45, 2.75) is 19.6 Å². The van der Waals surface area contributed by atoms with Crippen LogP contribution in [0.4, 0.5) is 9.18 Å². The molecular formula is C18H15BrFN3O3. The van der Waals surface area contributed by atoms with Crippen molar-refractivity contribution in [2.24, 2.45) is 0 Å². The van der Waals surface area contributed by atoms with Crippen LogP contribution in [0, 0.1) is 5.82 Å². The average molecular weight is 420 g/mol. The standard InChI is InChI=1S/C18H15BrFN3O3/c1-11(21-18(25)26-10-12-5-3-2-4-6-12)16-15(19)17(24)23-9-13(20)7-8-14(23)22-16/h2-9,11H,10H2,1H3,(H,21,25). The zero-order chi connectivity index (χ0) is 18.7. The molecule has 0 radical (unpaired) electrons. The van der Waals surface area contributed by atoms with Crippen LogP contribution in [0.2, 0.25) is 0 Å². The molecule has 1 atom stereocenters. The summed E-state index contributed by atoms with van der Waals surface area (Å²) < 4.78 is 19.7. The van der Waals surface area contributed by atoms with Gasteiger partial charge in [-0.1, -0.05) is 30.3 Å². The van der Waals surface area contributed by atoms with E-state index in [4.69, 9.17) is 4.74 Å². The number of amides is 1. The normalized spacial score (nSPS) is 12.0. The van der Waals surface area contributed by atoms with Gasteiger partial charge in [0.15, 0.2) is 0 Å². The monoisotopic (exact) mass is 419 g/mol. The summed E-state index contributed by atoms with van der Waals surface area (Å²) in [6.45, 7) is 1.81. The predicted molar refractivity (Wildman–Crippen MR) is 97.3 cm³/mol. The molecule has 0 saturated heterocycles. The molecule has 1 amide bonds. The lowest BCUT2D eigenvalue weighted by Crippen LogP contribution is -2.30. The molecule has 1 unspecified atom stereocenters. The second-order valence-corrected chi connectivity index (χ2v) is 6.41.